The summed E-state index contributed by atoms with van der Waals surface area (Å²) in [7, 11) is 0. The lowest BCUT2D eigenvalue weighted by Crippen LogP contribution is -1.95. The fraction of sp³-hybridized carbons (Fsp3) is 0.0909. The topological polar surface area (TPSA) is 35.2 Å². The van der Waals surface area contributed by atoms with Crippen LogP contribution in [0.25, 0.3) is 0 Å². The first-order valence-electron chi connectivity index (χ1n) is 4.46. The summed E-state index contributed by atoms with van der Waals surface area (Å²) in [5.41, 5.74) is 6.43. The molecule has 1 aromatic heterocycles. The second-order valence-electron chi connectivity index (χ2n) is 3.06. The number of ether oxygens (including phenoxy) is 1. The monoisotopic (exact) mass is 331 g/mol. The van der Waals surface area contributed by atoms with Crippen molar-refractivity contribution in [2.45, 2.75) is 6.61 Å². The van der Waals surface area contributed by atoms with E-state index in [-0.39, 0.29) is 0 Å². The van der Waals surface area contributed by atoms with Crippen LogP contribution >= 0.6 is 33.9 Å². The molecule has 0 bridgehead atoms. The third-order valence-corrected chi connectivity index (χ3v) is 3.60. The zero-order valence-electron chi connectivity index (χ0n) is 7.94. The smallest absolute Gasteiger partial charge is 0.133 e. The van der Waals surface area contributed by atoms with E-state index in [0.717, 1.165) is 15.0 Å². The van der Waals surface area contributed by atoms with Gasteiger partial charge in [0.25, 0.3) is 0 Å². The van der Waals surface area contributed by atoms with Crippen LogP contribution in [0.2, 0.25) is 0 Å². The van der Waals surface area contributed by atoms with Crippen molar-refractivity contribution in [1.82, 2.24) is 0 Å². The quantitative estimate of drug-likeness (QED) is 0.690. The Balaban J connectivity index is 2.05. The zero-order valence-corrected chi connectivity index (χ0v) is 10.9. The minimum atomic E-state index is 0.623. The van der Waals surface area contributed by atoms with Crippen LogP contribution < -0.4 is 10.5 Å². The molecule has 0 spiro atoms. The molecular formula is C11H10INOS. The Bertz CT molecular complexity index is 442. The third kappa shape index (κ3) is 2.85. The number of hydrogen-bond acceptors (Lipinski definition) is 3. The average Bonchev–Trinajstić information content (AvgIpc) is 2.69. The molecule has 2 N–H and O–H groups in total. The molecule has 78 valence electrons. The lowest BCUT2D eigenvalue weighted by Gasteiger charge is -2.07. The summed E-state index contributed by atoms with van der Waals surface area (Å²) < 4.78 is 6.73. The Morgan fingerprint density at radius 1 is 1.33 bits per heavy atom. The summed E-state index contributed by atoms with van der Waals surface area (Å²) in [6.07, 6.45) is 0. The highest BCUT2D eigenvalue weighted by Gasteiger charge is 2.01. The Kier molecular flexibility index (Phi) is 3.48. The maximum atomic E-state index is 5.68. The number of thiophene rings is 1. The summed E-state index contributed by atoms with van der Waals surface area (Å²) in [5, 5.41) is 2.05. The van der Waals surface area contributed by atoms with E-state index < -0.39 is 0 Å². The normalized spacial score (nSPS) is 10.2. The van der Waals surface area contributed by atoms with Crippen molar-refractivity contribution < 1.29 is 4.74 Å². The molecule has 4 heteroatoms. The van der Waals surface area contributed by atoms with Gasteiger partial charge in [-0.1, -0.05) is 6.07 Å². The highest BCUT2D eigenvalue weighted by molar-refractivity contribution is 14.1. The highest BCUT2D eigenvalue weighted by Crippen LogP contribution is 2.24. The number of nitrogen functional groups attached to an aromatic ring is 1. The van der Waals surface area contributed by atoms with Crippen molar-refractivity contribution in [3.05, 3.63) is 44.2 Å². The lowest BCUT2D eigenvalue weighted by atomic mass is 10.3. The number of anilines is 1. The molecule has 0 radical (unpaired) electrons. The molecule has 1 aromatic carbocycles. The maximum absolute atomic E-state index is 5.68. The number of hydrogen-bond donors (Lipinski definition) is 1. The first-order chi connectivity index (χ1) is 7.25. The van der Waals surface area contributed by atoms with Gasteiger partial charge in [-0.05, 0) is 52.2 Å². The van der Waals surface area contributed by atoms with Gasteiger partial charge in [-0.15, -0.1) is 11.3 Å². The molecule has 15 heavy (non-hydrogen) atoms. The van der Waals surface area contributed by atoms with Gasteiger partial charge < -0.3 is 10.5 Å². The van der Waals surface area contributed by atoms with Crippen LogP contribution in [0.1, 0.15) is 4.88 Å². The Morgan fingerprint density at radius 3 is 2.87 bits per heavy atom. The average molecular weight is 331 g/mol. The molecule has 0 aliphatic rings. The van der Waals surface area contributed by atoms with Gasteiger partial charge in [0.15, 0.2) is 0 Å². The Hall–Kier alpha value is -0.750. The molecule has 0 fully saturated rings. The number of nitrogens with two attached hydrogens (primary N) is 1. The van der Waals surface area contributed by atoms with Crippen LogP contribution in [-0.2, 0) is 6.61 Å². The molecular weight excluding hydrogens is 321 g/mol. The van der Waals surface area contributed by atoms with Crippen LogP contribution in [0.3, 0.4) is 0 Å². The second kappa shape index (κ2) is 4.85. The van der Waals surface area contributed by atoms with Crippen LogP contribution in [0.5, 0.6) is 5.75 Å². The fourth-order valence-electron chi connectivity index (χ4n) is 1.18. The fourth-order valence-corrected chi connectivity index (χ4v) is 2.49. The lowest BCUT2D eigenvalue weighted by molar-refractivity contribution is 0.307. The van der Waals surface area contributed by atoms with Gasteiger partial charge in [-0.2, -0.15) is 0 Å². The second-order valence-corrected chi connectivity index (χ2v) is 5.25. The molecule has 0 atom stereocenters. The molecule has 0 unspecified atom stereocenters. The summed E-state index contributed by atoms with van der Waals surface area (Å²) in [6.45, 7) is 0.623. The number of rotatable bonds is 3. The molecule has 1 heterocycles. The molecule has 2 nitrogen and oxygen atoms in total. The van der Waals surface area contributed by atoms with Crippen molar-refractivity contribution >= 4 is 39.6 Å². The molecule has 0 saturated carbocycles. The highest BCUT2D eigenvalue weighted by atomic mass is 127. The van der Waals surface area contributed by atoms with Crippen LogP contribution in [-0.4, -0.2) is 0 Å². The van der Waals surface area contributed by atoms with Crippen molar-refractivity contribution in [3.63, 3.8) is 0 Å². The summed E-state index contributed by atoms with van der Waals surface area (Å²) >= 11 is 3.92. The summed E-state index contributed by atoms with van der Waals surface area (Å²) in [4.78, 5) is 1.22. The standard InChI is InChI=1S/C11H10INOS/c12-10-6-8(13)3-4-11(10)14-7-9-2-1-5-15-9/h1-6H,7,13H2. The van der Waals surface area contributed by atoms with Gasteiger partial charge in [0.1, 0.15) is 12.4 Å². The van der Waals surface area contributed by atoms with Crippen LogP contribution in [0, 0.1) is 3.57 Å². The van der Waals surface area contributed by atoms with Crippen molar-refractivity contribution in [3.8, 4) is 5.75 Å². The molecule has 0 saturated heterocycles. The predicted molar refractivity (Wildman–Crippen MR) is 72.2 cm³/mol. The van der Waals surface area contributed by atoms with Gasteiger partial charge in [0.2, 0.25) is 0 Å². The molecule has 0 amide bonds. The van der Waals surface area contributed by atoms with E-state index in [1.54, 1.807) is 11.3 Å². The summed E-state index contributed by atoms with van der Waals surface area (Å²) in [6, 6.07) is 9.76. The first-order valence-corrected chi connectivity index (χ1v) is 6.42. The van der Waals surface area contributed by atoms with Crippen molar-refractivity contribution in [1.29, 1.82) is 0 Å². The largest absolute Gasteiger partial charge is 0.487 e. The van der Waals surface area contributed by atoms with Gasteiger partial charge >= 0.3 is 0 Å². The Morgan fingerprint density at radius 2 is 2.20 bits per heavy atom. The van der Waals surface area contributed by atoms with Gasteiger partial charge in [-0.25, -0.2) is 0 Å². The van der Waals surface area contributed by atoms with E-state index in [2.05, 4.69) is 28.7 Å². The molecule has 0 aliphatic carbocycles. The van der Waals surface area contributed by atoms with Crippen molar-refractivity contribution in [2.75, 3.05) is 5.73 Å². The number of benzene rings is 1. The van der Waals surface area contributed by atoms with Gasteiger partial charge in [-0.3, -0.25) is 0 Å². The minimum Gasteiger partial charge on any atom is -0.487 e. The minimum absolute atomic E-state index is 0.623. The van der Waals surface area contributed by atoms with Crippen LogP contribution in [0.4, 0.5) is 5.69 Å². The predicted octanol–water partition coefficient (Wildman–Crippen LogP) is 3.51. The zero-order chi connectivity index (χ0) is 10.7. The number of halogens is 1. The van der Waals surface area contributed by atoms with Gasteiger partial charge in [0.05, 0.1) is 3.57 Å². The molecule has 0 aliphatic heterocycles. The van der Waals surface area contributed by atoms with E-state index in [1.807, 2.05) is 29.6 Å². The van der Waals surface area contributed by atoms with E-state index in [9.17, 15) is 0 Å². The summed E-state index contributed by atoms with van der Waals surface area (Å²) in [5.74, 6) is 0.887. The third-order valence-electron chi connectivity index (χ3n) is 1.91. The van der Waals surface area contributed by atoms with E-state index >= 15 is 0 Å². The first kappa shape index (κ1) is 10.8. The molecule has 2 rings (SSSR count). The van der Waals surface area contributed by atoms with E-state index in [0.29, 0.717) is 6.61 Å². The molecule has 2 aromatic rings. The Labute approximate surface area is 106 Å². The maximum Gasteiger partial charge on any atom is 0.133 e. The van der Waals surface area contributed by atoms with E-state index in [4.69, 9.17) is 10.5 Å². The van der Waals surface area contributed by atoms with Crippen molar-refractivity contribution in [2.24, 2.45) is 0 Å². The SMILES string of the molecule is Nc1ccc(OCc2cccs2)c(I)c1. The van der Waals surface area contributed by atoms with Crippen LogP contribution in [0.15, 0.2) is 35.7 Å². The van der Waals surface area contributed by atoms with E-state index in [1.165, 1.54) is 4.88 Å². The van der Waals surface area contributed by atoms with Gasteiger partial charge in [0, 0.05) is 10.6 Å².